The Hall–Kier alpha value is -0.670. The van der Waals surface area contributed by atoms with Gasteiger partial charge in [0.25, 0.3) is 0 Å². The van der Waals surface area contributed by atoms with Gasteiger partial charge in [0.05, 0.1) is 0 Å². The number of hydrogen-bond acceptors (Lipinski definition) is 3. The molecule has 16 heavy (non-hydrogen) atoms. The van der Waals surface area contributed by atoms with Crippen LogP contribution < -0.4 is 5.73 Å². The van der Waals surface area contributed by atoms with E-state index in [9.17, 15) is 0 Å². The van der Waals surface area contributed by atoms with Crippen molar-refractivity contribution in [3.8, 4) is 0 Å². The van der Waals surface area contributed by atoms with E-state index in [1.54, 1.807) is 0 Å². The van der Waals surface area contributed by atoms with Crippen LogP contribution in [0.2, 0.25) is 0 Å². The monoisotopic (exact) mass is 223 g/mol. The number of nitrogens with two attached hydrogens (primary N) is 1. The Balaban J connectivity index is 2.03. The first-order valence-electron chi connectivity index (χ1n) is 6.45. The maximum absolute atomic E-state index is 5.57. The Labute approximate surface area is 99.4 Å². The summed E-state index contributed by atoms with van der Waals surface area (Å²) in [6.07, 6.45) is 12.0. The molecule has 0 aromatic rings. The molecule has 1 aliphatic rings. The molecule has 1 aliphatic heterocycles. The van der Waals surface area contributed by atoms with E-state index in [0.29, 0.717) is 6.17 Å². The zero-order valence-electron chi connectivity index (χ0n) is 10.3. The summed E-state index contributed by atoms with van der Waals surface area (Å²) in [5.74, 6) is 0. The van der Waals surface area contributed by atoms with Crippen LogP contribution in [0.4, 0.5) is 0 Å². The molecule has 1 unspecified atom stereocenters. The first-order valence-corrected chi connectivity index (χ1v) is 6.45. The second kappa shape index (κ2) is 8.48. The van der Waals surface area contributed by atoms with Crippen LogP contribution in [-0.4, -0.2) is 36.9 Å². The van der Waals surface area contributed by atoms with Gasteiger partial charge in [0.2, 0.25) is 0 Å². The maximum atomic E-state index is 5.57. The summed E-state index contributed by atoms with van der Waals surface area (Å²) in [5, 5.41) is 0. The molecule has 0 fully saturated rings. The number of nitrogens with zero attached hydrogens (tertiary/aromatic N) is 2. The zero-order valence-corrected chi connectivity index (χ0v) is 10.3. The second-order valence-electron chi connectivity index (χ2n) is 4.38. The molecule has 3 nitrogen and oxygen atoms in total. The van der Waals surface area contributed by atoms with E-state index in [4.69, 9.17) is 5.73 Å². The van der Waals surface area contributed by atoms with E-state index >= 15 is 0 Å². The van der Waals surface area contributed by atoms with E-state index in [0.717, 1.165) is 26.1 Å². The van der Waals surface area contributed by atoms with Crippen molar-refractivity contribution in [2.24, 2.45) is 10.7 Å². The van der Waals surface area contributed by atoms with Crippen molar-refractivity contribution in [1.82, 2.24) is 4.90 Å². The summed E-state index contributed by atoms with van der Waals surface area (Å²) >= 11 is 0. The molecule has 1 rings (SSSR count). The molecule has 0 amide bonds. The number of unbranched alkanes of at least 4 members (excludes halogenated alkanes) is 4. The first kappa shape index (κ1) is 13.4. The molecule has 0 radical (unpaired) electrons. The molecule has 1 heterocycles. The molecule has 2 N–H and O–H groups in total. The fourth-order valence-corrected chi connectivity index (χ4v) is 2.12. The Morgan fingerprint density at radius 2 is 2.19 bits per heavy atom. The zero-order chi connectivity index (χ0) is 11.6. The van der Waals surface area contributed by atoms with Crippen molar-refractivity contribution in [3.05, 3.63) is 12.7 Å². The highest BCUT2D eigenvalue weighted by molar-refractivity contribution is 5.62. The number of rotatable bonds is 9. The van der Waals surface area contributed by atoms with Crippen LogP contribution in [0.3, 0.4) is 0 Å². The molecular formula is C13H25N3. The third-order valence-corrected chi connectivity index (χ3v) is 3.05. The lowest BCUT2D eigenvalue weighted by Crippen LogP contribution is -2.34. The Morgan fingerprint density at radius 1 is 1.38 bits per heavy atom. The summed E-state index contributed by atoms with van der Waals surface area (Å²) < 4.78 is 0. The van der Waals surface area contributed by atoms with Gasteiger partial charge >= 0.3 is 0 Å². The summed E-state index contributed by atoms with van der Waals surface area (Å²) in [6.45, 7) is 6.43. The van der Waals surface area contributed by atoms with E-state index in [1.165, 1.54) is 32.1 Å². The van der Waals surface area contributed by atoms with Crippen LogP contribution in [0.5, 0.6) is 0 Å². The Morgan fingerprint density at radius 3 is 2.94 bits per heavy atom. The molecule has 0 saturated heterocycles. The smallest absolute Gasteiger partial charge is 0.102 e. The first-order chi connectivity index (χ1) is 7.88. The minimum atomic E-state index is 0.406. The summed E-state index contributed by atoms with van der Waals surface area (Å²) in [7, 11) is 0. The molecular weight excluding hydrogens is 198 g/mol. The van der Waals surface area contributed by atoms with E-state index in [-0.39, 0.29) is 0 Å². The summed E-state index contributed by atoms with van der Waals surface area (Å²) in [5.41, 5.74) is 5.57. The fourth-order valence-electron chi connectivity index (χ4n) is 2.12. The van der Waals surface area contributed by atoms with Crippen LogP contribution in [0.15, 0.2) is 17.6 Å². The molecule has 1 atom stereocenters. The number of hydrogen-bond donors (Lipinski definition) is 1. The topological polar surface area (TPSA) is 41.6 Å². The van der Waals surface area contributed by atoms with Crippen LogP contribution in [-0.2, 0) is 0 Å². The minimum absolute atomic E-state index is 0.406. The van der Waals surface area contributed by atoms with Crippen molar-refractivity contribution in [3.63, 3.8) is 0 Å². The highest BCUT2D eigenvalue weighted by Crippen LogP contribution is 2.15. The van der Waals surface area contributed by atoms with Gasteiger partial charge in [0.15, 0.2) is 0 Å². The third kappa shape index (κ3) is 4.90. The van der Waals surface area contributed by atoms with Crippen molar-refractivity contribution >= 4 is 6.21 Å². The van der Waals surface area contributed by atoms with Gasteiger partial charge in [-0.25, -0.2) is 0 Å². The molecule has 0 spiro atoms. The summed E-state index contributed by atoms with van der Waals surface area (Å²) in [6, 6.07) is 0. The normalized spacial score (nSPS) is 20.4. The van der Waals surface area contributed by atoms with E-state index in [1.807, 2.05) is 12.3 Å². The van der Waals surface area contributed by atoms with E-state index in [2.05, 4.69) is 16.5 Å². The molecule has 0 aliphatic carbocycles. The quantitative estimate of drug-likeness (QED) is 0.481. The minimum Gasteiger partial charge on any atom is -0.329 e. The highest BCUT2D eigenvalue weighted by atomic mass is 15.3. The lowest BCUT2D eigenvalue weighted by molar-refractivity contribution is 0.241. The van der Waals surface area contributed by atoms with Gasteiger partial charge in [-0.3, -0.25) is 9.89 Å². The molecule has 0 aromatic heterocycles. The molecule has 0 bridgehead atoms. The largest absolute Gasteiger partial charge is 0.329 e. The van der Waals surface area contributed by atoms with Crippen LogP contribution in [0, 0.1) is 0 Å². The average molecular weight is 223 g/mol. The lowest BCUT2D eigenvalue weighted by Gasteiger charge is -2.21. The van der Waals surface area contributed by atoms with Gasteiger partial charge in [-0.2, -0.15) is 0 Å². The lowest BCUT2D eigenvalue weighted by atomic mass is 10.1. The predicted octanol–water partition coefficient (Wildman–Crippen LogP) is 2.18. The maximum Gasteiger partial charge on any atom is 0.102 e. The van der Waals surface area contributed by atoms with Crippen molar-refractivity contribution in [2.75, 3.05) is 19.6 Å². The number of allylic oxidation sites excluding steroid dienone is 1. The van der Waals surface area contributed by atoms with Crippen molar-refractivity contribution in [2.45, 2.75) is 44.7 Å². The van der Waals surface area contributed by atoms with Gasteiger partial charge < -0.3 is 5.73 Å². The molecule has 0 saturated carbocycles. The number of aliphatic imine (C=N–C) groups is 1. The van der Waals surface area contributed by atoms with Gasteiger partial charge in [0, 0.05) is 25.8 Å². The fraction of sp³-hybridized carbons (Fsp3) is 0.769. The Bertz CT molecular complexity index is 213. The Kier molecular flexibility index (Phi) is 7.10. The molecule has 3 heteroatoms. The van der Waals surface area contributed by atoms with Crippen LogP contribution in [0.1, 0.15) is 38.5 Å². The van der Waals surface area contributed by atoms with Gasteiger partial charge in [-0.05, 0) is 25.7 Å². The second-order valence-corrected chi connectivity index (χ2v) is 4.38. The van der Waals surface area contributed by atoms with Gasteiger partial charge in [-0.15, -0.1) is 6.58 Å². The summed E-state index contributed by atoms with van der Waals surface area (Å²) in [4.78, 5) is 6.86. The van der Waals surface area contributed by atoms with Crippen LogP contribution >= 0.6 is 0 Å². The molecule has 0 aromatic carbocycles. The van der Waals surface area contributed by atoms with Gasteiger partial charge in [-0.1, -0.05) is 18.9 Å². The highest BCUT2D eigenvalue weighted by Gasteiger charge is 2.18. The standard InChI is InChI=1S/C13H25N3/c1-2-3-4-5-6-7-8-13-15-10-12-16(13)11-9-14/h2,10,13H,1,3-9,11-12,14H2. The predicted molar refractivity (Wildman–Crippen MR) is 70.8 cm³/mol. The van der Waals surface area contributed by atoms with Crippen molar-refractivity contribution in [1.29, 1.82) is 0 Å². The third-order valence-electron chi connectivity index (χ3n) is 3.05. The van der Waals surface area contributed by atoms with E-state index < -0.39 is 0 Å². The van der Waals surface area contributed by atoms with Gasteiger partial charge in [0.1, 0.15) is 6.17 Å². The SMILES string of the molecule is C=CCCCCCCC1N=CCN1CCN. The average Bonchev–Trinajstić information content (AvgIpc) is 2.72. The van der Waals surface area contributed by atoms with Crippen LogP contribution in [0.25, 0.3) is 0 Å². The van der Waals surface area contributed by atoms with Crippen molar-refractivity contribution < 1.29 is 0 Å². The molecule has 92 valence electrons.